The molecular weight excluding hydrogens is 441 g/mol. The van der Waals surface area contributed by atoms with Gasteiger partial charge in [-0.05, 0) is 47.0 Å². The van der Waals surface area contributed by atoms with Crippen molar-refractivity contribution < 1.29 is 27.8 Å². The molecule has 2 atom stereocenters. The quantitative estimate of drug-likeness (QED) is 0.520. The number of alkyl halides is 3. The average Bonchev–Trinajstić information content (AvgIpc) is 2.80. The Morgan fingerprint density at radius 3 is 2.72 bits per heavy atom. The summed E-state index contributed by atoms with van der Waals surface area (Å²) in [6.07, 6.45) is -4.46. The minimum absolute atomic E-state index is 0.189. The van der Waals surface area contributed by atoms with Crippen LogP contribution in [0.5, 0.6) is 5.75 Å². The molecule has 2 unspecified atom stereocenters. The lowest BCUT2D eigenvalue weighted by Gasteiger charge is -2.39. The second-order valence-corrected chi connectivity index (χ2v) is 8.42. The predicted octanol–water partition coefficient (Wildman–Crippen LogP) is 5.25. The van der Waals surface area contributed by atoms with Crippen LogP contribution in [-0.2, 0) is 6.18 Å². The number of hydrogen-bond acceptors (Lipinski definition) is 4. The smallest absolute Gasteiger partial charge is 0.416 e. The summed E-state index contributed by atoms with van der Waals surface area (Å²) in [7, 11) is 1.60. The van der Waals surface area contributed by atoms with Crippen LogP contribution in [0.4, 0.5) is 18.0 Å². The number of benzene rings is 3. The number of urea groups is 1. The first-order valence-corrected chi connectivity index (χ1v) is 10.7. The Kier molecular flexibility index (Phi) is 6.21. The summed E-state index contributed by atoms with van der Waals surface area (Å²) >= 11 is 0.810. The second kappa shape index (κ2) is 8.91. The number of halogens is 3. The molecule has 4 rings (SSSR count). The molecule has 32 heavy (non-hydrogen) atoms. The molecule has 3 aromatic rings. The number of nitrogens with zero attached hydrogens (tertiary/aromatic N) is 1. The Bertz CT molecular complexity index is 1140. The molecule has 0 bridgehead atoms. The highest BCUT2D eigenvalue weighted by atomic mass is 32.2. The fourth-order valence-electron chi connectivity index (χ4n) is 3.93. The number of fused-ring (bicyclic) bond motifs is 3. The Hall–Kier alpha value is -2.91. The molecule has 0 saturated carbocycles. The van der Waals surface area contributed by atoms with Gasteiger partial charge in [0.1, 0.15) is 5.75 Å². The van der Waals surface area contributed by atoms with Crippen LogP contribution < -0.4 is 9.46 Å². The van der Waals surface area contributed by atoms with Gasteiger partial charge < -0.3 is 14.7 Å². The zero-order valence-electron chi connectivity index (χ0n) is 17.1. The molecule has 0 aliphatic carbocycles. The molecule has 9 heteroatoms. The van der Waals surface area contributed by atoms with E-state index in [0.717, 1.165) is 40.4 Å². The molecule has 0 saturated heterocycles. The van der Waals surface area contributed by atoms with Gasteiger partial charge in [0.25, 0.3) is 0 Å². The maximum atomic E-state index is 13.0. The molecule has 5 nitrogen and oxygen atoms in total. The summed E-state index contributed by atoms with van der Waals surface area (Å²) in [5.74, 6) is 0.284. The second-order valence-electron chi connectivity index (χ2n) is 7.54. The van der Waals surface area contributed by atoms with E-state index in [1.165, 1.54) is 17.0 Å². The molecule has 1 aliphatic heterocycles. The molecule has 0 aromatic heterocycles. The van der Waals surface area contributed by atoms with Crippen molar-refractivity contribution in [2.24, 2.45) is 5.92 Å². The molecule has 0 spiro atoms. The normalized spacial score (nSPS) is 18.0. The van der Waals surface area contributed by atoms with Crippen molar-refractivity contribution in [2.75, 3.05) is 20.3 Å². The first-order valence-electron chi connectivity index (χ1n) is 9.92. The predicted molar refractivity (Wildman–Crippen MR) is 116 cm³/mol. The standard InChI is InChI=1S/C23H21F3N2O3S/c1-28(22(30)27-32-17-7-4-6-16(11-17)23(24,25)26)21-15(12-29)13-31-19-10-9-14-5-2-3-8-18(14)20(19)21/h2-11,15,21,29H,12-13H2,1H3,(H,27,30). The number of aliphatic hydroxyl groups is 1. The average molecular weight is 462 g/mol. The van der Waals surface area contributed by atoms with E-state index in [4.69, 9.17) is 4.74 Å². The number of hydrogen-bond donors (Lipinski definition) is 2. The molecule has 3 aromatic carbocycles. The third-order valence-electron chi connectivity index (χ3n) is 5.52. The molecule has 1 aliphatic rings. The van der Waals surface area contributed by atoms with Crippen molar-refractivity contribution in [3.05, 3.63) is 71.8 Å². The highest BCUT2D eigenvalue weighted by molar-refractivity contribution is 7.98. The van der Waals surface area contributed by atoms with Gasteiger partial charge in [0.15, 0.2) is 0 Å². The van der Waals surface area contributed by atoms with E-state index in [2.05, 4.69) is 4.72 Å². The number of nitrogens with one attached hydrogen (secondary N) is 1. The molecule has 0 radical (unpaired) electrons. The molecule has 168 valence electrons. The van der Waals surface area contributed by atoms with Gasteiger partial charge in [-0.1, -0.05) is 36.4 Å². The van der Waals surface area contributed by atoms with Crippen molar-refractivity contribution in [3.8, 4) is 5.75 Å². The van der Waals surface area contributed by atoms with Crippen LogP contribution in [0.25, 0.3) is 10.8 Å². The summed E-state index contributed by atoms with van der Waals surface area (Å²) in [6.45, 7) is 0.0522. The zero-order valence-corrected chi connectivity index (χ0v) is 17.9. The number of amides is 2. The van der Waals surface area contributed by atoms with E-state index < -0.39 is 23.8 Å². The Labute approximate surface area is 187 Å². The Morgan fingerprint density at radius 1 is 1.19 bits per heavy atom. The van der Waals surface area contributed by atoms with Crippen LogP contribution >= 0.6 is 11.9 Å². The number of carbonyl (C=O) groups excluding carboxylic acids is 1. The van der Waals surface area contributed by atoms with Crippen LogP contribution in [0.3, 0.4) is 0 Å². The van der Waals surface area contributed by atoms with E-state index >= 15 is 0 Å². The van der Waals surface area contributed by atoms with Crippen LogP contribution in [0.2, 0.25) is 0 Å². The summed E-state index contributed by atoms with van der Waals surface area (Å²) in [5.41, 5.74) is 0.0189. The van der Waals surface area contributed by atoms with Crippen LogP contribution in [-0.4, -0.2) is 36.3 Å². The van der Waals surface area contributed by atoms with Gasteiger partial charge in [0.2, 0.25) is 0 Å². The summed E-state index contributed by atoms with van der Waals surface area (Å²) < 4.78 is 47.3. The summed E-state index contributed by atoms with van der Waals surface area (Å²) in [6, 6.07) is 15.3. The van der Waals surface area contributed by atoms with E-state index in [1.807, 2.05) is 36.4 Å². The minimum Gasteiger partial charge on any atom is -0.493 e. The molecular formula is C23H21F3N2O3S. The van der Waals surface area contributed by atoms with Crippen molar-refractivity contribution in [2.45, 2.75) is 17.1 Å². The lowest BCUT2D eigenvalue weighted by Crippen LogP contribution is -2.44. The van der Waals surface area contributed by atoms with Crippen molar-refractivity contribution in [1.82, 2.24) is 9.62 Å². The minimum atomic E-state index is -4.46. The van der Waals surface area contributed by atoms with Gasteiger partial charge in [0, 0.05) is 23.4 Å². The van der Waals surface area contributed by atoms with Crippen LogP contribution in [0, 0.1) is 5.92 Å². The zero-order chi connectivity index (χ0) is 22.9. The van der Waals surface area contributed by atoms with E-state index in [-0.39, 0.29) is 24.0 Å². The third-order valence-corrected chi connectivity index (χ3v) is 6.28. The van der Waals surface area contributed by atoms with Gasteiger partial charge in [0.05, 0.1) is 24.8 Å². The first-order chi connectivity index (χ1) is 15.3. The summed E-state index contributed by atoms with van der Waals surface area (Å²) in [5, 5.41) is 11.8. The first kappa shape index (κ1) is 22.3. The Morgan fingerprint density at radius 2 is 1.97 bits per heavy atom. The van der Waals surface area contributed by atoms with Gasteiger partial charge >= 0.3 is 12.2 Å². The SMILES string of the molecule is CN(C(=O)NSc1cccc(C(F)(F)F)c1)C1c2c(ccc3ccccc23)OCC1CO. The highest BCUT2D eigenvalue weighted by Gasteiger charge is 2.37. The van der Waals surface area contributed by atoms with Crippen molar-refractivity contribution in [1.29, 1.82) is 0 Å². The maximum absolute atomic E-state index is 13.0. The van der Waals surface area contributed by atoms with E-state index in [1.54, 1.807) is 7.05 Å². The fourth-order valence-corrected chi connectivity index (χ4v) is 4.61. The van der Waals surface area contributed by atoms with E-state index in [0.29, 0.717) is 5.75 Å². The van der Waals surface area contributed by atoms with Gasteiger partial charge in [-0.2, -0.15) is 13.2 Å². The summed E-state index contributed by atoms with van der Waals surface area (Å²) in [4.78, 5) is 14.7. The molecule has 1 heterocycles. The largest absolute Gasteiger partial charge is 0.493 e. The molecule has 2 amide bonds. The number of aliphatic hydroxyl groups excluding tert-OH is 1. The van der Waals surface area contributed by atoms with Crippen LogP contribution in [0.1, 0.15) is 17.2 Å². The van der Waals surface area contributed by atoms with E-state index in [9.17, 15) is 23.1 Å². The number of carbonyl (C=O) groups is 1. The van der Waals surface area contributed by atoms with Crippen molar-refractivity contribution in [3.63, 3.8) is 0 Å². The monoisotopic (exact) mass is 462 g/mol. The van der Waals surface area contributed by atoms with Gasteiger partial charge in [-0.15, -0.1) is 0 Å². The number of ether oxygens (including phenoxy) is 1. The lowest BCUT2D eigenvalue weighted by atomic mass is 9.87. The van der Waals surface area contributed by atoms with Crippen molar-refractivity contribution >= 4 is 28.8 Å². The fraction of sp³-hybridized carbons (Fsp3) is 0.261. The highest BCUT2D eigenvalue weighted by Crippen LogP contribution is 2.43. The maximum Gasteiger partial charge on any atom is 0.416 e. The molecule has 0 fully saturated rings. The lowest BCUT2D eigenvalue weighted by molar-refractivity contribution is -0.137. The number of rotatable bonds is 4. The Balaban J connectivity index is 1.59. The molecule has 2 N–H and O–H groups in total. The third kappa shape index (κ3) is 4.35. The topological polar surface area (TPSA) is 61.8 Å². The van der Waals surface area contributed by atoms with Crippen LogP contribution in [0.15, 0.2) is 65.6 Å². The van der Waals surface area contributed by atoms with Gasteiger partial charge in [-0.25, -0.2) is 4.79 Å². The van der Waals surface area contributed by atoms with Gasteiger partial charge in [-0.3, -0.25) is 4.72 Å².